The van der Waals surface area contributed by atoms with Crippen molar-refractivity contribution in [1.82, 2.24) is 20.9 Å². The third-order valence-electron chi connectivity index (χ3n) is 3.36. The zero-order valence-corrected chi connectivity index (χ0v) is 11.6. The molecule has 0 bridgehead atoms. The normalized spacial score (nSPS) is 15.2. The second kappa shape index (κ2) is 7.49. The summed E-state index contributed by atoms with van der Waals surface area (Å²) in [5.41, 5.74) is 0.829. The number of hydrogen-bond acceptors (Lipinski definition) is 5. The molecule has 0 aliphatic carbocycles. The highest BCUT2D eigenvalue weighted by Crippen LogP contribution is 2.11. The SMILES string of the molecule is O=C(NCc1ccncc1)C(=O)NC(=O)C1CCNCC1. The van der Waals surface area contributed by atoms with E-state index < -0.39 is 11.8 Å². The zero-order chi connectivity index (χ0) is 15.1. The van der Waals surface area contributed by atoms with Crippen LogP contribution >= 0.6 is 0 Å². The largest absolute Gasteiger partial charge is 0.344 e. The molecule has 1 aliphatic heterocycles. The van der Waals surface area contributed by atoms with E-state index in [2.05, 4.69) is 20.9 Å². The van der Waals surface area contributed by atoms with Gasteiger partial charge in [-0.2, -0.15) is 0 Å². The molecule has 1 fully saturated rings. The van der Waals surface area contributed by atoms with Gasteiger partial charge in [0.2, 0.25) is 5.91 Å². The molecular weight excluding hydrogens is 272 g/mol. The van der Waals surface area contributed by atoms with E-state index in [-0.39, 0.29) is 18.4 Å². The Bertz CT molecular complexity index is 512. The maximum Gasteiger partial charge on any atom is 0.315 e. The molecule has 21 heavy (non-hydrogen) atoms. The fraction of sp³-hybridized carbons (Fsp3) is 0.429. The molecule has 3 N–H and O–H groups in total. The molecule has 0 saturated carbocycles. The van der Waals surface area contributed by atoms with Crippen LogP contribution in [0.5, 0.6) is 0 Å². The molecule has 7 heteroatoms. The van der Waals surface area contributed by atoms with Crippen molar-refractivity contribution in [2.24, 2.45) is 5.92 Å². The van der Waals surface area contributed by atoms with Crippen LogP contribution < -0.4 is 16.0 Å². The Hall–Kier alpha value is -2.28. The maximum absolute atomic E-state index is 11.8. The first kappa shape index (κ1) is 15.1. The lowest BCUT2D eigenvalue weighted by molar-refractivity contribution is -0.143. The molecule has 2 heterocycles. The van der Waals surface area contributed by atoms with Gasteiger partial charge in [-0.1, -0.05) is 0 Å². The first-order valence-electron chi connectivity index (χ1n) is 6.89. The number of aromatic nitrogens is 1. The van der Waals surface area contributed by atoms with Crippen LogP contribution in [0.25, 0.3) is 0 Å². The molecule has 1 aliphatic rings. The molecule has 0 unspecified atom stereocenters. The number of nitrogens with one attached hydrogen (secondary N) is 3. The summed E-state index contributed by atoms with van der Waals surface area (Å²) in [5.74, 6) is -2.30. The van der Waals surface area contributed by atoms with Crippen molar-refractivity contribution in [3.05, 3.63) is 30.1 Å². The Morgan fingerprint density at radius 2 is 1.81 bits per heavy atom. The van der Waals surface area contributed by atoms with Gasteiger partial charge in [0.05, 0.1) is 0 Å². The molecule has 3 amide bonds. The van der Waals surface area contributed by atoms with Crippen LogP contribution in [0, 0.1) is 5.92 Å². The molecule has 1 aromatic heterocycles. The van der Waals surface area contributed by atoms with Gasteiger partial charge in [0, 0.05) is 24.9 Å². The predicted molar refractivity (Wildman–Crippen MR) is 74.8 cm³/mol. The minimum atomic E-state index is -0.910. The first-order chi connectivity index (χ1) is 10.2. The van der Waals surface area contributed by atoms with Crippen molar-refractivity contribution in [1.29, 1.82) is 0 Å². The standard InChI is InChI=1S/C14H18N4O3/c19-12(11-3-7-16-8-4-11)18-14(21)13(20)17-9-10-1-5-15-6-2-10/h1-2,5-6,11,16H,3-4,7-9H2,(H,17,20)(H,18,19,21). The van der Waals surface area contributed by atoms with E-state index in [4.69, 9.17) is 0 Å². The van der Waals surface area contributed by atoms with Gasteiger partial charge in [0.15, 0.2) is 0 Å². The Morgan fingerprint density at radius 3 is 2.48 bits per heavy atom. The molecular formula is C14H18N4O3. The molecule has 1 aromatic rings. The summed E-state index contributed by atoms with van der Waals surface area (Å²) in [5, 5.41) is 7.75. The summed E-state index contributed by atoms with van der Waals surface area (Å²) >= 11 is 0. The Balaban J connectivity index is 1.76. The van der Waals surface area contributed by atoms with Crippen LogP contribution in [0.1, 0.15) is 18.4 Å². The summed E-state index contributed by atoms with van der Waals surface area (Å²) in [6, 6.07) is 3.47. The Kier molecular flexibility index (Phi) is 5.39. The smallest absolute Gasteiger partial charge is 0.315 e. The van der Waals surface area contributed by atoms with Crippen molar-refractivity contribution in [2.45, 2.75) is 19.4 Å². The summed E-state index contributed by atoms with van der Waals surface area (Å²) in [6.07, 6.45) is 4.56. The lowest BCUT2D eigenvalue weighted by Gasteiger charge is -2.21. The van der Waals surface area contributed by atoms with Gasteiger partial charge < -0.3 is 10.6 Å². The first-order valence-corrected chi connectivity index (χ1v) is 6.89. The maximum atomic E-state index is 11.8. The fourth-order valence-corrected chi connectivity index (χ4v) is 2.12. The average molecular weight is 290 g/mol. The van der Waals surface area contributed by atoms with Crippen LogP contribution in [-0.4, -0.2) is 35.8 Å². The quantitative estimate of drug-likeness (QED) is 0.642. The molecule has 1 saturated heterocycles. The fourth-order valence-electron chi connectivity index (χ4n) is 2.12. The van der Waals surface area contributed by atoms with Crippen LogP contribution in [-0.2, 0) is 20.9 Å². The van der Waals surface area contributed by atoms with Gasteiger partial charge in [-0.3, -0.25) is 24.7 Å². The number of hydrogen-bond donors (Lipinski definition) is 3. The van der Waals surface area contributed by atoms with Gasteiger partial charge in [0.1, 0.15) is 0 Å². The van der Waals surface area contributed by atoms with Crippen LogP contribution in [0.2, 0.25) is 0 Å². The highest BCUT2D eigenvalue weighted by Gasteiger charge is 2.24. The summed E-state index contributed by atoms with van der Waals surface area (Å²) in [6.45, 7) is 1.72. The lowest BCUT2D eigenvalue weighted by Crippen LogP contribution is -2.46. The molecule has 2 rings (SSSR count). The average Bonchev–Trinajstić information content (AvgIpc) is 2.54. The number of rotatable bonds is 3. The summed E-state index contributed by atoms with van der Waals surface area (Å²) in [7, 11) is 0. The molecule has 0 radical (unpaired) electrons. The van der Waals surface area contributed by atoms with E-state index in [1.54, 1.807) is 24.5 Å². The van der Waals surface area contributed by atoms with Crippen molar-refractivity contribution >= 4 is 17.7 Å². The van der Waals surface area contributed by atoms with Crippen LogP contribution in [0.15, 0.2) is 24.5 Å². The number of piperidine rings is 1. The predicted octanol–water partition coefficient (Wildman–Crippen LogP) is -0.660. The van der Waals surface area contributed by atoms with Gasteiger partial charge in [-0.05, 0) is 43.6 Å². The number of carbonyl (C=O) groups is 3. The summed E-state index contributed by atoms with van der Waals surface area (Å²) in [4.78, 5) is 39.0. The molecule has 0 atom stereocenters. The van der Waals surface area contributed by atoms with E-state index in [0.717, 1.165) is 18.7 Å². The number of carbonyl (C=O) groups excluding carboxylic acids is 3. The lowest BCUT2D eigenvalue weighted by atomic mass is 9.97. The number of nitrogens with zero attached hydrogens (tertiary/aromatic N) is 1. The monoisotopic (exact) mass is 290 g/mol. The molecule has 0 spiro atoms. The van der Waals surface area contributed by atoms with Gasteiger partial charge >= 0.3 is 11.8 Å². The molecule has 112 valence electrons. The van der Waals surface area contributed by atoms with E-state index in [1.807, 2.05) is 0 Å². The van der Waals surface area contributed by atoms with Crippen molar-refractivity contribution in [2.75, 3.05) is 13.1 Å². The van der Waals surface area contributed by atoms with Crippen LogP contribution in [0.3, 0.4) is 0 Å². The minimum absolute atomic E-state index is 0.205. The number of amides is 3. The van der Waals surface area contributed by atoms with Crippen LogP contribution in [0.4, 0.5) is 0 Å². The Morgan fingerprint density at radius 1 is 1.14 bits per heavy atom. The minimum Gasteiger partial charge on any atom is -0.344 e. The highest BCUT2D eigenvalue weighted by molar-refractivity contribution is 6.37. The van der Waals surface area contributed by atoms with Gasteiger partial charge in [-0.15, -0.1) is 0 Å². The third kappa shape index (κ3) is 4.64. The number of pyridine rings is 1. The van der Waals surface area contributed by atoms with Crippen molar-refractivity contribution in [3.63, 3.8) is 0 Å². The molecule has 7 nitrogen and oxygen atoms in total. The zero-order valence-electron chi connectivity index (χ0n) is 11.6. The number of imide groups is 1. The Labute approximate surface area is 122 Å². The van der Waals surface area contributed by atoms with Gasteiger partial charge in [0.25, 0.3) is 0 Å². The van der Waals surface area contributed by atoms with Crippen molar-refractivity contribution in [3.8, 4) is 0 Å². The van der Waals surface area contributed by atoms with Crippen molar-refractivity contribution < 1.29 is 14.4 Å². The third-order valence-corrected chi connectivity index (χ3v) is 3.36. The van der Waals surface area contributed by atoms with Gasteiger partial charge in [-0.25, -0.2) is 0 Å². The van der Waals surface area contributed by atoms with E-state index in [1.165, 1.54) is 0 Å². The second-order valence-corrected chi connectivity index (χ2v) is 4.88. The highest BCUT2D eigenvalue weighted by atomic mass is 16.2. The van der Waals surface area contributed by atoms with E-state index in [0.29, 0.717) is 12.8 Å². The molecule has 0 aromatic carbocycles. The topological polar surface area (TPSA) is 100 Å². The van der Waals surface area contributed by atoms with E-state index >= 15 is 0 Å². The van der Waals surface area contributed by atoms with E-state index in [9.17, 15) is 14.4 Å². The second-order valence-electron chi connectivity index (χ2n) is 4.88. The summed E-state index contributed by atoms with van der Waals surface area (Å²) < 4.78 is 0.